The number of aromatic nitrogens is 3. The van der Waals surface area contributed by atoms with Gasteiger partial charge in [-0.2, -0.15) is 5.10 Å². The minimum absolute atomic E-state index is 0.143. The Bertz CT molecular complexity index is 1080. The zero-order valence-corrected chi connectivity index (χ0v) is 19.2. The van der Waals surface area contributed by atoms with Crippen LogP contribution in [0, 0.1) is 13.8 Å². The Morgan fingerprint density at radius 2 is 1.93 bits per heavy atom. The first-order valence-corrected chi connectivity index (χ1v) is 10.9. The maximum absolute atomic E-state index is 12.3. The summed E-state index contributed by atoms with van der Waals surface area (Å²) in [5.41, 5.74) is 7.44. The summed E-state index contributed by atoms with van der Waals surface area (Å²) in [5, 5.41) is 15.6. The maximum Gasteiger partial charge on any atom is 0.264 e. The highest BCUT2D eigenvalue weighted by atomic mass is 79.9. The van der Waals surface area contributed by atoms with E-state index < -0.39 is 0 Å². The van der Waals surface area contributed by atoms with Gasteiger partial charge in [-0.15, -0.1) is 10.2 Å². The quantitative estimate of drug-likeness (QED) is 0.201. The molecule has 0 saturated carbocycles. The van der Waals surface area contributed by atoms with Gasteiger partial charge in [0.25, 0.3) is 5.95 Å². The standard InChI is InChI=1S/C20H22BrN7OS/c1-12-4-5-13(2)17(10-12)23-18(29)11-30-20-27-26-19(28(20)22)25-24-14(3)15-6-8-16(21)9-7-15/h4-10H,11,22H2,1-3H3,(H,23,29)(H,25,26)/b24-14+. The Labute approximate surface area is 187 Å². The summed E-state index contributed by atoms with van der Waals surface area (Å²) in [4.78, 5) is 12.3. The molecule has 1 aromatic heterocycles. The molecule has 0 unspecified atom stereocenters. The lowest BCUT2D eigenvalue weighted by Gasteiger charge is -2.09. The summed E-state index contributed by atoms with van der Waals surface area (Å²) in [6.07, 6.45) is 0. The summed E-state index contributed by atoms with van der Waals surface area (Å²) in [6, 6.07) is 13.7. The molecule has 0 bridgehead atoms. The maximum atomic E-state index is 12.3. The zero-order valence-electron chi connectivity index (χ0n) is 16.8. The van der Waals surface area contributed by atoms with Gasteiger partial charge in [0.15, 0.2) is 0 Å². The molecule has 3 rings (SSSR count). The molecule has 0 spiro atoms. The van der Waals surface area contributed by atoms with Crippen LogP contribution >= 0.6 is 27.7 Å². The predicted molar refractivity (Wildman–Crippen MR) is 125 cm³/mol. The third-order valence-electron chi connectivity index (χ3n) is 4.25. The van der Waals surface area contributed by atoms with Crippen LogP contribution in [0.3, 0.4) is 0 Å². The SMILES string of the molecule is C/C(=N\Nc1nnc(SCC(=O)Nc2cc(C)ccc2C)n1N)c1ccc(Br)cc1. The second kappa shape index (κ2) is 9.77. The lowest BCUT2D eigenvalue weighted by molar-refractivity contribution is -0.113. The summed E-state index contributed by atoms with van der Waals surface area (Å²) in [7, 11) is 0. The fourth-order valence-electron chi connectivity index (χ4n) is 2.53. The zero-order chi connectivity index (χ0) is 21.7. The normalized spacial score (nSPS) is 11.4. The molecule has 0 aliphatic rings. The average molecular weight is 488 g/mol. The molecule has 0 aliphatic carbocycles. The molecule has 0 saturated heterocycles. The number of anilines is 2. The van der Waals surface area contributed by atoms with Crippen LogP contribution in [0.2, 0.25) is 0 Å². The number of aryl methyl sites for hydroxylation is 2. The number of nitrogens with zero attached hydrogens (tertiary/aromatic N) is 4. The van der Waals surface area contributed by atoms with Crippen LogP contribution in [0.4, 0.5) is 11.6 Å². The fourth-order valence-corrected chi connectivity index (χ4v) is 3.45. The van der Waals surface area contributed by atoms with Crippen LogP contribution in [-0.2, 0) is 4.79 Å². The third kappa shape index (κ3) is 5.61. The van der Waals surface area contributed by atoms with E-state index in [2.05, 4.69) is 42.0 Å². The number of nitrogen functional groups attached to an aromatic ring is 1. The number of carbonyl (C=O) groups is 1. The molecular formula is C20H22BrN7OS. The second-order valence-electron chi connectivity index (χ2n) is 6.65. The third-order valence-corrected chi connectivity index (χ3v) is 5.72. The number of carbonyl (C=O) groups excluding carboxylic acids is 1. The molecule has 156 valence electrons. The van der Waals surface area contributed by atoms with Gasteiger partial charge in [-0.25, -0.2) is 10.1 Å². The highest BCUT2D eigenvalue weighted by molar-refractivity contribution is 9.10. The van der Waals surface area contributed by atoms with Crippen LogP contribution in [0.5, 0.6) is 0 Å². The molecule has 10 heteroatoms. The van der Waals surface area contributed by atoms with Gasteiger partial charge in [-0.1, -0.05) is 52.0 Å². The first-order chi connectivity index (χ1) is 14.3. The van der Waals surface area contributed by atoms with Gasteiger partial charge < -0.3 is 11.2 Å². The minimum atomic E-state index is -0.143. The molecule has 0 radical (unpaired) electrons. The van der Waals surface area contributed by atoms with Crippen molar-refractivity contribution in [3.8, 4) is 0 Å². The van der Waals surface area contributed by atoms with E-state index in [9.17, 15) is 4.79 Å². The van der Waals surface area contributed by atoms with E-state index >= 15 is 0 Å². The van der Waals surface area contributed by atoms with Crippen molar-refractivity contribution in [1.82, 2.24) is 14.9 Å². The smallest absolute Gasteiger partial charge is 0.264 e. The first kappa shape index (κ1) is 21.8. The van der Waals surface area contributed by atoms with Crippen LogP contribution in [-0.4, -0.2) is 32.2 Å². The molecule has 1 heterocycles. The molecule has 2 aromatic carbocycles. The number of benzene rings is 2. The van der Waals surface area contributed by atoms with Crippen molar-refractivity contribution >= 4 is 50.9 Å². The largest absolute Gasteiger partial charge is 0.334 e. The van der Waals surface area contributed by atoms with Crippen molar-refractivity contribution in [2.24, 2.45) is 5.10 Å². The Morgan fingerprint density at radius 3 is 2.67 bits per heavy atom. The average Bonchev–Trinajstić information content (AvgIpc) is 3.07. The number of hydrogen-bond acceptors (Lipinski definition) is 7. The van der Waals surface area contributed by atoms with E-state index in [1.807, 2.05) is 63.2 Å². The van der Waals surface area contributed by atoms with E-state index in [0.29, 0.717) is 5.16 Å². The van der Waals surface area contributed by atoms with Crippen LogP contribution in [0.1, 0.15) is 23.6 Å². The molecular weight excluding hydrogens is 466 g/mol. The van der Waals surface area contributed by atoms with Gasteiger partial charge in [-0.05, 0) is 55.7 Å². The number of nitrogens with two attached hydrogens (primary N) is 1. The molecule has 0 aliphatic heterocycles. The highest BCUT2D eigenvalue weighted by Gasteiger charge is 2.13. The summed E-state index contributed by atoms with van der Waals surface area (Å²) < 4.78 is 2.27. The molecule has 8 nitrogen and oxygen atoms in total. The van der Waals surface area contributed by atoms with E-state index in [1.165, 1.54) is 16.4 Å². The molecule has 30 heavy (non-hydrogen) atoms. The van der Waals surface area contributed by atoms with Gasteiger partial charge in [-0.3, -0.25) is 4.79 Å². The van der Waals surface area contributed by atoms with Gasteiger partial charge >= 0.3 is 0 Å². The van der Waals surface area contributed by atoms with Crippen LogP contribution in [0.15, 0.2) is 57.2 Å². The predicted octanol–water partition coefficient (Wildman–Crippen LogP) is 3.94. The van der Waals surface area contributed by atoms with Crippen molar-refractivity contribution in [2.75, 3.05) is 22.3 Å². The van der Waals surface area contributed by atoms with Crippen LogP contribution < -0.4 is 16.6 Å². The Hall–Kier alpha value is -2.85. The van der Waals surface area contributed by atoms with Gasteiger partial charge in [0.05, 0.1) is 11.5 Å². The van der Waals surface area contributed by atoms with Crippen molar-refractivity contribution in [2.45, 2.75) is 25.9 Å². The number of hydrazone groups is 1. The molecule has 0 atom stereocenters. The topological polar surface area (TPSA) is 110 Å². The number of rotatable bonds is 7. The summed E-state index contributed by atoms with van der Waals surface area (Å²) in [5.74, 6) is 6.33. The number of hydrogen-bond donors (Lipinski definition) is 3. The molecule has 3 aromatic rings. The van der Waals surface area contributed by atoms with Crippen LogP contribution in [0.25, 0.3) is 0 Å². The molecule has 4 N–H and O–H groups in total. The highest BCUT2D eigenvalue weighted by Crippen LogP contribution is 2.20. The van der Waals surface area contributed by atoms with Crippen molar-refractivity contribution < 1.29 is 4.79 Å². The number of halogens is 1. The Balaban J connectivity index is 1.58. The van der Waals surface area contributed by atoms with E-state index in [4.69, 9.17) is 5.84 Å². The first-order valence-electron chi connectivity index (χ1n) is 9.10. The molecule has 1 amide bonds. The second-order valence-corrected chi connectivity index (χ2v) is 8.51. The Morgan fingerprint density at radius 1 is 1.20 bits per heavy atom. The fraction of sp³-hybridized carbons (Fsp3) is 0.200. The van der Waals surface area contributed by atoms with E-state index in [1.54, 1.807) is 0 Å². The Kier molecular flexibility index (Phi) is 7.11. The summed E-state index contributed by atoms with van der Waals surface area (Å²) >= 11 is 4.60. The minimum Gasteiger partial charge on any atom is -0.334 e. The van der Waals surface area contributed by atoms with Crippen molar-refractivity contribution in [3.05, 3.63) is 63.6 Å². The molecule has 0 fully saturated rings. The number of nitrogens with one attached hydrogen (secondary N) is 2. The van der Waals surface area contributed by atoms with Gasteiger partial charge in [0.1, 0.15) is 0 Å². The number of amides is 1. The number of thioether (sulfide) groups is 1. The van der Waals surface area contributed by atoms with Crippen molar-refractivity contribution in [1.29, 1.82) is 0 Å². The lowest BCUT2D eigenvalue weighted by Crippen LogP contribution is -2.17. The van der Waals surface area contributed by atoms with Gasteiger partial charge in [0.2, 0.25) is 11.1 Å². The lowest BCUT2D eigenvalue weighted by atomic mass is 10.1. The van der Waals surface area contributed by atoms with E-state index in [0.717, 1.165) is 32.6 Å². The summed E-state index contributed by atoms with van der Waals surface area (Å²) in [6.45, 7) is 5.81. The van der Waals surface area contributed by atoms with Gasteiger partial charge in [0, 0.05) is 10.2 Å². The van der Waals surface area contributed by atoms with Crippen molar-refractivity contribution in [3.63, 3.8) is 0 Å². The monoisotopic (exact) mass is 487 g/mol. The van der Waals surface area contributed by atoms with E-state index in [-0.39, 0.29) is 17.6 Å².